The first-order valence-corrected chi connectivity index (χ1v) is 6.54. The summed E-state index contributed by atoms with van der Waals surface area (Å²) >= 11 is 0. The first-order chi connectivity index (χ1) is 9.06. The van der Waals surface area contributed by atoms with Crippen LogP contribution in [0, 0.1) is 5.92 Å². The number of piperidine rings is 1. The second-order valence-electron chi connectivity index (χ2n) is 5.11. The van der Waals surface area contributed by atoms with E-state index in [-0.39, 0.29) is 24.9 Å². The summed E-state index contributed by atoms with van der Waals surface area (Å²) in [5.74, 6) is -1.09. The smallest absolute Gasteiger partial charge is 0.323 e. The maximum Gasteiger partial charge on any atom is 0.323 e. The van der Waals surface area contributed by atoms with E-state index >= 15 is 0 Å². The number of piperazine rings is 1. The van der Waals surface area contributed by atoms with Crippen LogP contribution >= 0.6 is 0 Å². The lowest BCUT2D eigenvalue weighted by Crippen LogP contribution is -2.56. The van der Waals surface area contributed by atoms with Crippen molar-refractivity contribution in [3.8, 4) is 0 Å². The molecule has 2 aliphatic rings. The molecule has 2 fully saturated rings. The number of nitrogens with zero attached hydrogens (tertiary/aromatic N) is 2. The molecule has 0 atom stereocenters. The Morgan fingerprint density at radius 3 is 2.37 bits per heavy atom. The highest BCUT2D eigenvalue weighted by Crippen LogP contribution is 2.15. The van der Waals surface area contributed by atoms with Crippen molar-refractivity contribution in [3.63, 3.8) is 0 Å². The van der Waals surface area contributed by atoms with E-state index in [9.17, 15) is 14.4 Å². The van der Waals surface area contributed by atoms with E-state index in [4.69, 9.17) is 5.11 Å². The number of aliphatic carboxylic acids is 1. The average Bonchev–Trinajstić information content (AvgIpc) is 2.36. The summed E-state index contributed by atoms with van der Waals surface area (Å²) in [6, 6.07) is 0. The van der Waals surface area contributed by atoms with Crippen LogP contribution in [-0.4, -0.2) is 72.0 Å². The van der Waals surface area contributed by atoms with Gasteiger partial charge in [0.05, 0.1) is 6.54 Å². The average molecular weight is 269 g/mol. The Morgan fingerprint density at radius 1 is 1.16 bits per heavy atom. The lowest BCUT2D eigenvalue weighted by molar-refractivity contribution is -0.154. The number of nitrogens with one attached hydrogen (secondary N) is 1. The van der Waals surface area contributed by atoms with Crippen molar-refractivity contribution in [1.82, 2.24) is 15.1 Å². The molecule has 19 heavy (non-hydrogen) atoms. The molecule has 2 heterocycles. The summed E-state index contributed by atoms with van der Waals surface area (Å²) in [5, 5.41) is 11.9. The van der Waals surface area contributed by atoms with E-state index in [1.807, 2.05) is 0 Å². The van der Waals surface area contributed by atoms with E-state index in [2.05, 4.69) is 5.32 Å². The maximum absolute atomic E-state index is 11.9. The van der Waals surface area contributed by atoms with Gasteiger partial charge in [-0.25, -0.2) is 0 Å². The molecular formula is C12H19N3O4. The molecule has 2 amide bonds. The van der Waals surface area contributed by atoms with E-state index in [1.54, 1.807) is 4.90 Å². The van der Waals surface area contributed by atoms with E-state index in [0.29, 0.717) is 12.5 Å². The number of carboxylic acids is 1. The van der Waals surface area contributed by atoms with Crippen LogP contribution in [0.1, 0.15) is 12.8 Å². The number of carboxylic acid groups (broad SMARTS) is 1. The lowest BCUT2D eigenvalue weighted by atomic mass is 9.97. The van der Waals surface area contributed by atoms with Gasteiger partial charge in [0.1, 0.15) is 13.1 Å². The Morgan fingerprint density at radius 2 is 1.74 bits per heavy atom. The van der Waals surface area contributed by atoms with Crippen molar-refractivity contribution in [2.24, 2.45) is 5.92 Å². The molecule has 0 aromatic rings. The van der Waals surface area contributed by atoms with Gasteiger partial charge in [-0.2, -0.15) is 0 Å². The molecule has 2 N–H and O–H groups in total. The van der Waals surface area contributed by atoms with E-state index in [1.165, 1.54) is 0 Å². The molecule has 2 rings (SSSR count). The SMILES string of the molecule is O=C(O)CN1CC(=O)N(CC2CCNCC2)CC1=O. The monoisotopic (exact) mass is 269 g/mol. The fourth-order valence-corrected chi connectivity index (χ4v) is 2.55. The number of hydrogen-bond donors (Lipinski definition) is 2. The molecule has 0 saturated carbocycles. The first kappa shape index (κ1) is 13.8. The molecule has 2 aliphatic heterocycles. The molecule has 0 spiro atoms. The molecule has 0 aromatic heterocycles. The summed E-state index contributed by atoms with van der Waals surface area (Å²) < 4.78 is 0. The second-order valence-corrected chi connectivity index (χ2v) is 5.11. The van der Waals surface area contributed by atoms with Crippen molar-refractivity contribution in [2.45, 2.75) is 12.8 Å². The van der Waals surface area contributed by atoms with E-state index in [0.717, 1.165) is 30.8 Å². The number of amides is 2. The summed E-state index contributed by atoms with van der Waals surface area (Å²) in [6.07, 6.45) is 2.02. The Kier molecular flexibility index (Phi) is 4.36. The second kappa shape index (κ2) is 6.01. The number of hydrogen-bond acceptors (Lipinski definition) is 4. The van der Waals surface area contributed by atoms with Gasteiger partial charge in [0.2, 0.25) is 11.8 Å². The summed E-state index contributed by atoms with van der Waals surface area (Å²) in [4.78, 5) is 37.0. The van der Waals surface area contributed by atoms with Gasteiger partial charge in [0, 0.05) is 6.54 Å². The quantitative estimate of drug-likeness (QED) is 0.665. The van der Waals surface area contributed by atoms with Gasteiger partial charge >= 0.3 is 5.97 Å². The minimum Gasteiger partial charge on any atom is -0.480 e. The molecule has 0 bridgehead atoms. The van der Waals surface area contributed by atoms with Crippen LogP contribution < -0.4 is 5.32 Å². The van der Waals surface area contributed by atoms with Crippen LogP contribution in [0.5, 0.6) is 0 Å². The zero-order valence-electron chi connectivity index (χ0n) is 10.8. The molecule has 7 nitrogen and oxygen atoms in total. The number of carbonyl (C=O) groups is 3. The normalized spacial score (nSPS) is 21.9. The minimum atomic E-state index is -1.09. The topological polar surface area (TPSA) is 89.9 Å². The van der Waals surface area contributed by atoms with E-state index < -0.39 is 12.5 Å². The molecule has 0 aliphatic carbocycles. The van der Waals surface area contributed by atoms with Gasteiger partial charge in [-0.3, -0.25) is 14.4 Å². The Labute approximate surface area is 111 Å². The van der Waals surface area contributed by atoms with Crippen molar-refractivity contribution >= 4 is 17.8 Å². The van der Waals surface area contributed by atoms with Gasteiger partial charge in [-0.15, -0.1) is 0 Å². The molecule has 0 radical (unpaired) electrons. The Hall–Kier alpha value is -1.63. The highest BCUT2D eigenvalue weighted by atomic mass is 16.4. The molecule has 0 aromatic carbocycles. The number of carbonyl (C=O) groups excluding carboxylic acids is 2. The van der Waals surface area contributed by atoms with Gasteiger partial charge in [0.25, 0.3) is 0 Å². The fourth-order valence-electron chi connectivity index (χ4n) is 2.55. The zero-order chi connectivity index (χ0) is 13.8. The minimum absolute atomic E-state index is 0.00996. The third-order valence-corrected chi connectivity index (χ3v) is 3.62. The summed E-state index contributed by atoms with van der Waals surface area (Å²) in [5.41, 5.74) is 0. The summed E-state index contributed by atoms with van der Waals surface area (Å²) in [6.45, 7) is 2.00. The lowest BCUT2D eigenvalue weighted by Gasteiger charge is -2.36. The van der Waals surface area contributed by atoms with Crippen molar-refractivity contribution < 1.29 is 19.5 Å². The van der Waals surface area contributed by atoms with Crippen LogP contribution in [0.25, 0.3) is 0 Å². The largest absolute Gasteiger partial charge is 0.480 e. The van der Waals surface area contributed by atoms with Crippen molar-refractivity contribution in [2.75, 3.05) is 39.3 Å². The van der Waals surface area contributed by atoms with Crippen LogP contribution in [-0.2, 0) is 14.4 Å². The molecule has 106 valence electrons. The van der Waals surface area contributed by atoms with Gasteiger partial charge in [-0.05, 0) is 31.8 Å². The first-order valence-electron chi connectivity index (χ1n) is 6.54. The summed E-state index contributed by atoms with van der Waals surface area (Å²) in [7, 11) is 0. The van der Waals surface area contributed by atoms with Crippen LogP contribution in [0.3, 0.4) is 0 Å². The van der Waals surface area contributed by atoms with Gasteiger partial charge < -0.3 is 20.2 Å². The molecule has 7 heteroatoms. The predicted octanol–water partition coefficient (Wildman–Crippen LogP) is -1.26. The highest BCUT2D eigenvalue weighted by molar-refractivity contribution is 5.94. The zero-order valence-corrected chi connectivity index (χ0v) is 10.8. The van der Waals surface area contributed by atoms with Crippen LogP contribution in [0.15, 0.2) is 0 Å². The van der Waals surface area contributed by atoms with Gasteiger partial charge in [-0.1, -0.05) is 0 Å². The standard InChI is InChI=1S/C12H19N3O4/c16-10-7-15(8-12(18)19)11(17)6-14(10)5-9-1-3-13-4-2-9/h9,13H,1-8H2,(H,18,19). The predicted molar refractivity (Wildman–Crippen MR) is 66.4 cm³/mol. The van der Waals surface area contributed by atoms with Crippen LogP contribution in [0.4, 0.5) is 0 Å². The maximum atomic E-state index is 11.9. The van der Waals surface area contributed by atoms with Crippen molar-refractivity contribution in [3.05, 3.63) is 0 Å². The molecule has 2 saturated heterocycles. The Balaban J connectivity index is 1.88. The molecular weight excluding hydrogens is 250 g/mol. The van der Waals surface area contributed by atoms with Crippen LogP contribution in [0.2, 0.25) is 0 Å². The fraction of sp³-hybridized carbons (Fsp3) is 0.750. The van der Waals surface area contributed by atoms with Gasteiger partial charge in [0.15, 0.2) is 0 Å². The Bertz CT molecular complexity index is 379. The highest BCUT2D eigenvalue weighted by Gasteiger charge is 2.32. The third-order valence-electron chi connectivity index (χ3n) is 3.62. The van der Waals surface area contributed by atoms with Crippen molar-refractivity contribution in [1.29, 1.82) is 0 Å². The molecule has 0 unspecified atom stereocenters. The third kappa shape index (κ3) is 3.66. The number of rotatable bonds is 4.